The van der Waals surface area contributed by atoms with Gasteiger partial charge in [0.25, 0.3) is 0 Å². The predicted molar refractivity (Wildman–Crippen MR) is 96.1 cm³/mol. The van der Waals surface area contributed by atoms with E-state index in [2.05, 4.69) is 19.1 Å². The topological polar surface area (TPSA) is 26.3 Å². The van der Waals surface area contributed by atoms with Crippen molar-refractivity contribution in [3.05, 3.63) is 12.2 Å². The van der Waals surface area contributed by atoms with Crippen molar-refractivity contribution in [3.63, 3.8) is 0 Å². The van der Waals surface area contributed by atoms with E-state index in [9.17, 15) is 4.79 Å². The van der Waals surface area contributed by atoms with Crippen molar-refractivity contribution in [2.24, 2.45) is 0 Å². The molecule has 0 spiro atoms. The average molecular weight is 311 g/mol. The maximum absolute atomic E-state index is 11.1. The quantitative estimate of drug-likeness (QED) is 0.183. The minimum absolute atomic E-state index is 0.0415. The summed E-state index contributed by atoms with van der Waals surface area (Å²) in [5.41, 5.74) is 0. The molecule has 0 amide bonds. The van der Waals surface area contributed by atoms with Crippen molar-refractivity contribution in [1.82, 2.24) is 0 Å². The third kappa shape index (κ3) is 17.3. The molecule has 0 aliphatic heterocycles. The highest BCUT2D eigenvalue weighted by molar-refractivity contribution is 5.69. The van der Waals surface area contributed by atoms with Crippen LogP contribution in [0.4, 0.5) is 0 Å². The monoisotopic (exact) mass is 310 g/mol. The fourth-order valence-electron chi connectivity index (χ4n) is 2.57. The average Bonchev–Trinajstić information content (AvgIpc) is 2.51. The highest BCUT2D eigenvalue weighted by Gasteiger charge is 2.00. The Labute approximate surface area is 138 Å². The number of allylic oxidation sites excluding steroid dienone is 2. The molecule has 0 aromatic heterocycles. The summed E-state index contributed by atoms with van der Waals surface area (Å²) in [4.78, 5) is 11.1. The van der Waals surface area contributed by atoms with Gasteiger partial charge in [-0.3, -0.25) is 4.79 Å². The molecule has 0 bridgehead atoms. The van der Waals surface area contributed by atoms with Gasteiger partial charge < -0.3 is 4.74 Å². The number of hydrogen-bond donors (Lipinski definition) is 0. The highest BCUT2D eigenvalue weighted by atomic mass is 16.5. The summed E-state index contributed by atoms with van der Waals surface area (Å²) in [5, 5.41) is 0. The molecule has 0 aromatic carbocycles. The number of ether oxygens (including phenoxy) is 1. The zero-order chi connectivity index (χ0) is 16.3. The summed E-state index contributed by atoms with van der Waals surface area (Å²) >= 11 is 0. The van der Waals surface area contributed by atoms with Crippen LogP contribution < -0.4 is 0 Å². The van der Waals surface area contributed by atoms with Crippen LogP contribution in [0.25, 0.3) is 0 Å². The SMILES string of the molecule is CCCCCCCC/C=C/CCCCCCCC(=O)OCC. The molecule has 0 radical (unpaired) electrons. The fraction of sp³-hybridized carbons (Fsp3) is 0.850. The van der Waals surface area contributed by atoms with E-state index in [0.717, 1.165) is 12.8 Å². The molecule has 0 aliphatic rings. The first kappa shape index (κ1) is 21.2. The Kier molecular flexibility index (Phi) is 17.6. The molecule has 22 heavy (non-hydrogen) atoms. The van der Waals surface area contributed by atoms with E-state index in [1.165, 1.54) is 70.6 Å². The molecule has 0 saturated carbocycles. The van der Waals surface area contributed by atoms with Gasteiger partial charge in [-0.25, -0.2) is 0 Å². The summed E-state index contributed by atoms with van der Waals surface area (Å²) in [6, 6.07) is 0. The maximum atomic E-state index is 11.1. The molecule has 0 heterocycles. The van der Waals surface area contributed by atoms with Crippen LogP contribution in [-0.4, -0.2) is 12.6 Å². The molecule has 2 heteroatoms. The summed E-state index contributed by atoms with van der Waals surface area (Å²) in [7, 11) is 0. The van der Waals surface area contributed by atoms with E-state index in [1.54, 1.807) is 0 Å². The maximum Gasteiger partial charge on any atom is 0.305 e. The van der Waals surface area contributed by atoms with E-state index in [4.69, 9.17) is 4.74 Å². The molecule has 0 aliphatic carbocycles. The van der Waals surface area contributed by atoms with Gasteiger partial charge in [-0.2, -0.15) is 0 Å². The highest BCUT2D eigenvalue weighted by Crippen LogP contribution is 2.10. The minimum Gasteiger partial charge on any atom is -0.466 e. The predicted octanol–water partition coefficient (Wildman–Crippen LogP) is 6.59. The molecule has 0 unspecified atom stereocenters. The largest absolute Gasteiger partial charge is 0.466 e. The molecule has 0 atom stereocenters. The van der Waals surface area contributed by atoms with Gasteiger partial charge >= 0.3 is 5.97 Å². The van der Waals surface area contributed by atoms with E-state index < -0.39 is 0 Å². The van der Waals surface area contributed by atoms with E-state index in [-0.39, 0.29) is 5.97 Å². The number of carbonyl (C=O) groups excluding carboxylic acids is 1. The molecule has 0 saturated heterocycles. The lowest BCUT2D eigenvalue weighted by molar-refractivity contribution is -0.143. The third-order valence-electron chi connectivity index (χ3n) is 3.95. The molecule has 0 rings (SSSR count). The summed E-state index contributed by atoms with van der Waals surface area (Å²) in [6.07, 6.45) is 22.0. The summed E-state index contributed by atoms with van der Waals surface area (Å²) < 4.78 is 4.91. The Morgan fingerprint density at radius 2 is 1.23 bits per heavy atom. The number of esters is 1. The summed E-state index contributed by atoms with van der Waals surface area (Å²) in [6.45, 7) is 4.63. The van der Waals surface area contributed by atoms with Crippen LogP contribution in [0.5, 0.6) is 0 Å². The number of hydrogen-bond acceptors (Lipinski definition) is 2. The normalized spacial score (nSPS) is 11.2. The first-order valence-corrected chi connectivity index (χ1v) is 9.61. The van der Waals surface area contributed by atoms with Gasteiger partial charge in [-0.1, -0.05) is 70.4 Å². The van der Waals surface area contributed by atoms with Crippen molar-refractivity contribution in [3.8, 4) is 0 Å². The Morgan fingerprint density at radius 1 is 0.727 bits per heavy atom. The fourth-order valence-corrected chi connectivity index (χ4v) is 2.57. The van der Waals surface area contributed by atoms with Gasteiger partial charge in [0.1, 0.15) is 0 Å². The van der Waals surface area contributed by atoms with Crippen LogP contribution in [0.15, 0.2) is 12.2 Å². The van der Waals surface area contributed by atoms with Gasteiger partial charge in [0, 0.05) is 6.42 Å². The van der Waals surface area contributed by atoms with Crippen LogP contribution in [0, 0.1) is 0 Å². The smallest absolute Gasteiger partial charge is 0.305 e. The van der Waals surface area contributed by atoms with Gasteiger partial charge in [0.15, 0.2) is 0 Å². The molecule has 0 N–H and O–H groups in total. The number of unbranched alkanes of at least 4 members (excludes halogenated alkanes) is 11. The van der Waals surface area contributed by atoms with Crippen molar-refractivity contribution in [2.75, 3.05) is 6.61 Å². The molecular formula is C20H38O2. The van der Waals surface area contributed by atoms with Crippen LogP contribution in [0.2, 0.25) is 0 Å². The molecule has 130 valence electrons. The number of carbonyl (C=O) groups is 1. The van der Waals surface area contributed by atoms with Gasteiger partial charge in [0.05, 0.1) is 6.61 Å². The standard InChI is InChI=1S/C20H38O2/c1-3-5-6-7-8-9-10-11-12-13-14-15-16-17-18-19-20(21)22-4-2/h11-12H,3-10,13-19H2,1-2H3/b12-11+. The molecule has 0 aromatic rings. The van der Waals surface area contributed by atoms with Crippen molar-refractivity contribution >= 4 is 5.97 Å². The second kappa shape index (κ2) is 18.3. The van der Waals surface area contributed by atoms with Crippen LogP contribution in [0.3, 0.4) is 0 Å². The van der Waals surface area contributed by atoms with E-state index in [1.807, 2.05) is 6.92 Å². The molecule has 2 nitrogen and oxygen atoms in total. The lowest BCUT2D eigenvalue weighted by Gasteiger charge is -2.01. The first-order valence-electron chi connectivity index (χ1n) is 9.61. The Hall–Kier alpha value is -0.790. The molecule has 0 fully saturated rings. The molecular weight excluding hydrogens is 272 g/mol. The van der Waals surface area contributed by atoms with E-state index >= 15 is 0 Å². The minimum atomic E-state index is -0.0415. The Morgan fingerprint density at radius 3 is 1.77 bits per heavy atom. The number of rotatable bonds is 16. The first-order chi connectivity index (χ1) is 10.8. The second-order valence-corrected chi connectivity index (χ2v) is 6.14. The lowest BCUT2D eigenvalue weighted by Crippen LogP contribution is -2.03. The van der Waals surface area contributed by atoms with Crippen molar-refractivity contribution in [2.45, 2.75) is 104 Å². The Bertz CT molecular complexity index is 258. The van der Waals surface area contributed by atoms with Gasteiger partial charge in [0.2, 0.25) is 0 Å². The van der Waals surface area contributed by atoms with Crippen molar-refractivity contribution in [1.29, 1.82) is 0 Å². The second-order valence-electron chi connectivity index (χ2n) is 6.14. The zero-order valence-electron chi connectivity index (χ0n) is 15.1. The van der Waals surface area contributed by atoms with Crippen LogP contribution in [-0.2, 0) is 9.53 Å². The summed E-state index contributed by atoms with van der Waals surface area (Å²) in [5.74, 6) is -0.0415. The van der Waals surface area contributed by atoms with E-state index in [0.29, 0.717) is 13.0 Å². The van der Waals surface area contributed by atoms with Crippen LogP contribution in [0.1, 0.15) is 104 Å². The van der Waals surface area contributed by atoms with Gasteiger partial charge in [-0.15, -0.1) is 0 Å². The zero-order valence-corrected chi connectivity index (χ0v) is 15.1. The van der Waals surface area contributed by atoms with Crippen molar-refractivity contribution < 1.29 is 9.53 Å². The van der Waals surface area contributed by atoms with Gasteiger partial charge in [-0.05, 0) is 39.0 Å². The van der Waals surface area contributed by atoms with Crippen LogP contribution >= 0.6 is 0 Å². The third-order valence-corrected chi connectivity index (χ3v) is 3.95. The lowest BCUT2D eigenvalue weighted by atomic mass is 10.1. The Balaban J connectivity index is 3.12.